The maximum Gasteiger partial charge on any atom is 0.250 e. The molecule has 162 valence electrons. The number of nitrogens with zero attached hydrogens (tertiary/aromatic N) is 2. The SMILES string of the molecule is CCCN(CCC)C(=O)CCCC(=O)NCc1ccc(Cn2ccccc2=O)cc1. The van der Waals surface area contributed by atoms with Gasteiger partial charge >= 0.3 is 0 Å². The first-order valence-electron chi connectivity index (χ1n) is 10.8. The highest BCUT2D eigenvalue weighted by Gasteiger charge is 2.12. The molecular weight excluding hydrogens is 378 g/mol. The van der Waals surface area contributed by atoms with Crippen LogP contribution in [0.15, 0.2) is 53.5 Å². The minimum atomic E-state index is -0.0414. The molecule has 0 spiro atoms. The molecule has 6 heteroatoms. The van der Waals surface area contributed by atoms with E-state index < -0.39 is 0 Å². The number of pyridine rings is 1. The maximum absolute atomic E-state index is 12.2. The van der Waals surface area contributed by atoms with Gasteiger partial charge in [-0.1, -0.05) is 44.2 Å². The summed E-state index contributed by atoms with van der Waals surface area (Å²) >= 11 is 0. The zero-order chi connectivity index (χ0) is 21.8. The monoisotopic (exact) mass is 411 g/mol. The third-order valence-electron chi connectivity index (χ3n) is 4.90. The summed E-state index contributed by atoms with van der Waals surface area (Å²) in [5.41, 5.74) is 2.00. The number of hydrogen-bond acceptors (Lipinski definition) is 3. The van der Waals surface area contributed by atoms with Crippen LogP contribution in [0.5, 0.6) is 0 Å². The largest absolute Gasteiger partial charge is 0.352 e. The fraction of sp³-hybridized carbons (Fsp3) is 0.458. The molecule has 0 saturated carbocycles. The van der Waals surface area contributed by atoms with Gasteiger partial charge in [0.2, 0.25) is 11.8 Å². The van der Waals surface area contributed by atoms with E-state index in [-0.39, 0.29) is 17.4 Å². The number of benzene rings is 1. The van der Waals surface area contributed by atoms with Crippen LogP contribution in [-0.2, 0) is 22.7 Å². The van der Waals surface area contributed by atoms with Gasteiger partial charge in [0.25, 0.3) is 5.56 Å². The van der Waals surface area contributed by atoms with Crippen LogP contribution in [0.2, 0.25) is 0 Å². The molecule has 6 nitrogen and oxygen atoms in total. The van der Waals surface area contributed by atoms with Crippen molar-refractivity contribution in [1.82, 2.24) is 14.8 Å². The molecule has 0 aliphatic carbocycles. The topological polar surface area (TPSA) is 71.4 Å². The van der Waals surface area contributed by atoms with Crippen molar-refractivity contribution in [3.05, 3.63) is 70.1 Å². The van der Waals surface area contributed by atoms with Gasteiger partial charge in [-0.3, -0.25) is 14.4 Å². The highest BCUT2D eigenvalue weighted by atomic mass is 16.2. The molecule has 1 aromatic heterocycles. The molecule has 0 fully saturated rings. The van der Waals surface area contributed by atoms with Crippen LogP contribution in [0, 0.1) is 0 Å². The van der Waals surface area contributed by atoms with Gasteiger partial charge in [-0.2, -0.15) is 0 Å². The molecule has 0 unspecified atom stereocenters. The highest BCUT2D eigenvalue weighted by molar-refractivity contribution is 5.79. The lowest BCUT2D eigenvalue weighted by Crippen LogP contribution is -2.32. The van der Waals surface area contributed by atoms with Crippen molar-refractivity contribution in [2.45, 2.75) is 59.0 Å². The van der Waals surface area contributed by atoms with Crippen LogP contribution in [0.3, 0.4) is 0 Å². The minimum absolute atomic E-state index is 0.0279. The molecule has 0 radical (unpaired) electrons. The first-order chi connectivity index (χ1) is 14.5. The van der Waals surface area contributed by atoms with Crippen molar-refractivity contribution in [3.8, 4) is 0 Å². The summed E-state index contributed by atoms with van der Waals surface area (Å²) in [6.45, 7) is 6.68. The predicted octanol–water partition coefficient (Wildman–Crippen LogP) is 3.33. The number of amides is 2. The summed E-state index contributed by atoms with van der Waals surface area (Å²) in [7, 11) is 0. The standard InChI is InChI=1S/C24H33N3O3/c1-3-15-26(16-4-2)23(29)10-7-8-22(28)25-18-20-11-13-21(14-12-20)19-27-17-6-5-9-24(27)30/h5-6,9,11-14,17H,3-4,7-8,10,15-16,18-19H2,1-2H3,(H,25,28). The number of hydrogen-bond donors (Lipinski definition) is 1. The Morgan fingerprint density at radius 1 is 0.933 bits per heavy atom. The van der Waals surface area contributed by atoms with Crippen LogP contribution in [-0.4, -0.2) is 34.4 Å². The first-order valence-corrected chi connectivity index (χ1v) is 10.8. The molecule has 0 aliphatic heterocycles. The molecule has 1 heterocycles. The molecule has 2 amide bonds. The lowest BCUT2D eigenvalue weighted by molar-refractivity contribution is -0.131. The Labute approximate surface area is 178 Å². The van der Waals surface area contributed by atoms with Gasteiger partial charge < -0.3 is 14.8 Å². The number of nitrogens with one attached hydrogen (secondary N) is 1. The van der Waals surface area contributed by atoms with E-state index in [1.807, 2.05) is 35.2 Å². The van der Waals surface area contributed by atoms with Crippen LogP contribution < -0.4 is 10.9 Å². The third-order valence-corrected chi connectivity index (χ3v) is 4.90. The Morgan fingerprint density at radius 2 is 1.60 bits per heavy atom. The van der Waals surface area contributed by atoms with Crippen molar-refractivity contribution in [2.24, 2.45) is 0 Å². The van der Waals surface area contributed by atoms with Crippen LogP contribution in [0.1, 0.15) is 57.1 Å². The summed E-state index contributed by atoms with van der Waals surface area (Å²) in [5, 5.41) is 2.91. The summed E-state index contributed by atoms with van der Waals surface area (Å²) in [5.74, 6) is 0.0971. The van der Waals surface area contributed by atoms with Gasteiger partial charge in [0.1, 0.15) is 0 Å². The lowest BCUT2D eigenvalue weighted by atomic mass is 10.1. The second-order valence-corrected chi connectivity index (χ2v) is 7.49. The van der Waals surface area contributed by atoms with Gasteiger partial charge in [-0.15, -0.1) is 0 Å². The average molecular weight is 412 g/mol. The van der Waals surface area contributed by atoms with E-state index >= 15 is 0 Å². The number of aromatic nitrogens is 1. The quantitative estimate of drug-likeness (QED) is 0.582. The zero-order valence-corrected chi connectivity index (χ0v) is 18.1. The molecule has 2 rings (SSSR count). The third kappa shape index (κ3) is 7.85. The molecule has 1 aromatic carbocycles. The summed E-state index contributed by atoms with van der Waals surface area (Å²) in [6, 6.07) is 13.0. The molecule has 0 bridgehead atoms. The van der Waals surface area contributed by atoms with E-state index in [0.717, 1.165) is 37.1 Å². The maximum atomic E-state index is 12.2. The average Bonchev–Trinajstić information content (AvgIpc) is 2.74. The molecule has 0 saturated heterocycles. The molecule has 30 heavy (non-hydrogen) atoms. The van der Waals surface area contributed by atoms with Gasteiger partial charge in [-0.25, -0.2) is 0 Å². The van der Waals surface area contributed by atoms with E-state index in [2.05, 4.69) is 19.2 Å². The molecule has 1 N–H and O–H groups in total. The van der Waals surface area contributed by atoms with Crippen molar-refractivity contribution < 1.29 is 9.59 Å². The number of rotatable bonds is 12. The van der Waals surface area contributed by atoms with Crippen molar-refractivity contribution in [1.29, 1.82) is 0 Å². The van der Waals surface area contributed by atoms with Gasteiger partial charge in [0, 0.05) is 44.7 Å². The second kappa shape index (κ2) is 12.6. The van der Waals surface area contributed by atoms with E-state index in [1.54, 1.807) is 22.9 Å². The molecule has 0 atom stereocenters. The van der Waals surface area contributed by atoms with Gasteiger partial charge in [-0.05, 0) is 36.5 Å². The fourth-order valence-electron chi connectivity index (χ4n) is 3.30. The summed E-state index contributed by atoms with van der Waals surface area (Å²) < 4.78 is 1.65. The van der Waals surface area contributed by atoms with Crippen LogP contribution in [0.25, 0.3) is 0 Å². The van der Waals surface area contributed by atoms with E-state index in [4.69, 9.17) is 0 Å². The lowest BCUT2D eigenvalue weighted by Gasteiger charge is -2.21. The molecule has 0 aliphatic rings. The smallest absolute Gasteiger partial charge is 0.250 e. The fourth-order valence-corrected chi connectivity index (χ4v) is 3.30. The van der Waals surface area contributed by atoms with E-state index in [9.17, 15) is 14.4 Å². The Balaban J connectivity index is 1.72. The Hall–Kier alpha value is -2.89. The van der Waals surface area contributed by atoms with Gasteiger partial charge in [0.15, 0.2) is 0 Å². The number of carbonyl (C=O) groups is 2. The Bertz CT molecular complexity index is 852. The van der Waals surface area contributed by atoms with Crippen molar-refractivity contribution >= 4 is 11.8 Å². The van der Waals surface area contributed by atoms with Crippen molar-refractivity contribution in [3.63, 3.8) is 0 Å². The molecular formula is C24H33N3O3. The summed E-state index contributed by atoms with van der Waals surface area (Å²) in [6.07, 6.45) is 5.01. The Morgan fingerprint density at radius 3 is 2.23 bits per heavy atom. The van der Waals surface area contributed by atoms with Gasteiger partial charge in [0.05, 0.1) is 6.54 Å². The van der Waals surface area contributed by atoms with E-state index in [0.29, 0.717) is 32.4 Å². The number of carbonyl (C=O) groups excluding carboxylic acids is 2. The van der Waals surface area contributed by atoms with Crippen LogP contribution >= 0.6 is 0 Å². The molecule has 2 aromatic rings. The van der Waals surface area contributed by atoms with E-state index in [1.165, 1.54) is 0 Å². The minimum Gasteiger partial charge on any atom is -0.352 e. The van der Waals surface area contributed by atoms with Crippen molar-refractivity contribution in [2.75, 3.05) is 13.1 Å². The highest BCUT2D eigenvalue weighted by Crippen LogP contribution is 2.07. The van der Waals surface area contributed by atoms with Crippen LogP contribution in [0.4, 0.5) is 0 Å². The zero-order valence-electron chi connectivity index (χ0n) is 18.1. The second-order valence-electron chi connectivity index (χ2n) is 7.49. The predicted molar refractivity (Wildman–Crippen MR) is 119 cm³/mol. The normalized spacial score (nSPS) is 10.6. The summed E-state index contributed by atoms with van der Waals surface area (Å²) in [4.78, 5) is 38.0. The Kier molecular flexibility index (Phi) is 9.84. The first kappa shape index (κ1) is 23.4.